The highest BCUT2D eigenvalue weighted by molar-refractivity contribution is 9.10. The van der Waals surface area contributed by atoms with Crippen LogP contribution in [0.2, 0.25) is 0 Å². The van der Waals surface area contributed by atoms with Crippen molar-refractivity contribution in [1.29, 1.82) is 0 Å². The smallest absolute Gasteiger partial charge is 0.343 e. The zero-order valence-electron chi connectivity index (χ0n) is 13.1. The second-order valence-corrected chi connectivity index (χ2v) is 5.99. The van der Waals surface area contributed by atoms with E-state index in [1.807, 2.05) is 0 Å². The Bertz CT molecular complexity index is 998. The molecular formula is C18H13BrFNO4. The number of fused-ring (bicyclic) bond motifs is 1. The Morgan fingerprint density at radius 1 is 1.24 bits per heavy atom. The molecule has 0 radical (unpaired) electrons. The van der Waals surface area contributed by atoms with Gasteiger partial charge in [-0.1, -0.05) is 0 Å². The Kier molecular flexibility index (Phi) is 4.85. The highest BCUT2D eigenvalue weighted by atomic mass is 79.9. The maximum Gasteiger partial charge on any atom is 0.343 e. The number of hydrogen-bond acceptors (Lipinski definition) is 4. The predicted octanol–water partition coefficient (Wildman–Crippen LogP) is 4.40. The molecule has 1 aromatic heterocycles. The van der Waals surface area contributed by atoms with Gasteiger partial charge >= 0.3 is 5.97 Å². The Morgan fingerprint density at radius 2 is 1.96 bits per heavy atom. The molecule has 1 N–H and O–H groups in total. The number of nitrogens with one attached hydrogen (secondary N) is 1. The van der Waals surface area contributed by atoms with E-state index >= 15 is 0 Å². The fourth-order valence-electron chi connectivity index (χ4n) is 2.29. The van der Waals surface area contributed by atoms with E-state index < -0.39 is 11.4 Å². The number of rotatable bonds is 4. The van der Waals surface area contributed by atoms with E-state index in [0.29, 0.717) is 21.5 Å². The van der Waals surface area contributed by atoms with Gasteiger partial charge in [0, 0.05) is 6.20 Å². The van der Waals surface area contributed by atoms with E-state index in [4.69, 9.17) is 9.47 Å². The summed E-state index contributed by atoms with van der Waals surface area (Å²) in [7, 11) is 0. The van der Waals surface area contributed by atoms with Crippen LogP contribution in [0.5, 0.6) is 11.5 Å². The number of pyridine rings is 1. The third-order valence-electron chi connectivity index (χ3n) is 3.47. The summed E-state index contributed by atoms with van der Waals surface area (Å²) in [6.45, 7) is 1.84. The van der Waals surface area contributed by atoms with Gasteiger partial charge in [-0.15, -0.1) is 0 Å². The molecule has 25 heavy (non-hydrogen) atoms. The summed E-state index contributed by atoms with van der Waals surface area (Å²) in [4.78, 5) is 27.3. The normalized spacial score (nSPS) is 10.7. The van der Waals surface area contributed by atoms with E-state index in [1.165, 1.54) is 36.5 Å². The summed E-state index contributed by atoms with van der Waals surface area (Å²) in [6.07, 6.45) is 1.33. The molecule has 0 aliphatic carbocycles. The fourth-order valence-corrected chi connectivity index (χ4v) is 2.71. The van der Waals surface area contributed by atoms with E-state index in [1.54, 1.807) is 13.0 Å². The second-order valence-electron chi connectivity index (χ2n) is 5.14. The van der Waals surface area contributed by atoms with E-state index in [9.17, 15) is 14.0 Å². The van der Waals surface area contributed by atoms with Gasteiger partial charge in [0.1, 0.15) is 22.9 Å². The molecule has 3 rings (SSSR count). The topological polar surface area (TPSA) is 68.4 Å². The van der Waals surface area contributed by atoms with Crippen molar-refractivity contribution in [1.82, 2.24) is 4.98 Å². The fraction of sp³-hybridized carbons (Fsp3) is 0.111. The molecule has 0 spiro atoms. The third kappa shape index (κ3) is 3.56. The van der Waals surface area contributed by atoms with Gasteiger partial charge in [0.05, 0.1) is 22.0 Å². The summed E-state index contributed by atoms with van der Waals surface area (Å²) >= 11 is 3.37. The molecule has 1 heterocycles. The van der Waals surface area contributed by atoms with Crippen molar-refractivity contribution >= 4 is 32.8 Å². The number of ether oxygens (including phenoxy) is 2. The van der Waals surface area contributed by atoms with Crippen LogP contribution in [0.15, 0.2) is 51.9 Å². The zero-order chi connectivity index (χ0) is 18.0. The number of aromatic amines is 1. The van der Waals surface area contributed by atoms with Crippen molar-refractivity contribution in [3.63, 3.8) is 0 Å². The van der Waals surface area contributed by atoms with Crippen molar-refractivity contribution in [2.45, 2.75) is 6.92 Å². The lowest BCUT2D eigenvalue weighted by Crippen LogP contribution is -2.18. The summed E-state index contributed by atoms with van der Waals surface area (Å²) < 4.78 is 24.2. The molecule has 128 valence electrons. The summed E-state index contributed by atoms with van der Waals surface area (Å²) in [6, 6.07) is 8.69. The minimum atomic E-state index is -0.686. The molecule has 5 nitrogen and oxygen atoms in total. The van der Waals surface area contributed by atoms with Gasteiger partial charge in [-0.05, 0) is 59.3 Å². The van der Waals surface area contributed by atoms with Crippen LogP contribution < -0.4 is 10.2 Å². The van der Waals surface area contributed by atoms with E-state index in [-0.39, 0.29) is 23.4 Å². The SMILES string of the molecule is CCOC(=O)c1c[nH]c2cc(Br)c(Oc3ccc(F)cc3)cc2c1=O. The van der Waals surface area contributed by atoms with Crippen LogP contribution in [-0.4, -0.2) is 17.6 Å². The lowest BCUT2D eigenvalue weighted by molar-refractivity contribution is 0.0524. The van der Waals surface area contributed by atoms with Crippen LogP contribution in [0.1, 0.15) is 17.3 Å². The van der Waals surface area contributed by atoms with Crippen LogP contribution >= 0.6 is 15.9 Å². The Balaban J connectivity index is 2.06. The Hall–Kier alpha value is -2.67. The number of benzene rings is 2. The van der Waals surface area contributed by atoms with Gasteiger partial charge in [-0.25, -0.2) is 9.18 Å². The van der Waals surface area contributed by atoms with Crippen molar-refractivity contribution in [2.75, 3.05) is 6.61 Å². The molecule has 0 unspecified atom stereocenters. The molecule has 0 amide bonds. The van der Waals surface area contributed by atoms with Crippen molar-refractivity contribution in [2.24, 2.45) is 0 Å². The molecular weight excluding hydrogens is 393 g/mol. The first kappa shape index (κ1) is 17.2. The number of H-pyrrole nitrogens is 1. The van der Waals surface area contributed by atoms with E-state index in [0.717, 1.165) is 0 Å². The molecule has 0 atom stereocenters. The van der Waals surface area contributed by atoms with Gasteiger partial charge in [-0.2, -0.15) is 0 Å². The van der Waals surface area contributed by atoms with Crippen LogP contribution in [0.3, 0.4) is 0 Å². The average molecular weight is 406 g/mol. The molecule has 0 saturated carbocycles. The highest BCUT2D eigenvalue weighted by Crippen LogP contribution is 2.32. The number of esters is 1. The minimum Gasteiger partial charge on any atom is -0.462 e. The van der Waals surface area contributed by atoms with Crippen LogP contribution in [0.4, 0.5) is 4.39 Å². The van der Waals surface area contributed by atoms with Gasteiger partial charge in [0.25, 0.3) is 0 Å². The summed E-state index contributed by atoms with van der Waals surface area (Å²) in [5.74, 6) is -0.278. The van der Waals surface area contributed by atoms with Crippen LogP contribution in [0, 0.1) is 5.82 Å². The first-order valence-electron chi connectivity index (χ1n) is 7.45. The highest BCUT2D eigenvalue weighted by Gasteiger charge is 2.16. The Morgan fingerprint density at radius 3 is 2.64 bits per heavy atom. The minimum absolute atomic E-state index is 0.0793. The van der Waals surface area contributed by atoms with Gasteiger partial charge in [-0.3, -0.25) is 4.79 Å². The largest absolute Gasteiger partial charge is 0.462 e. The van der Waals surface area contributed by atoms with Gasteiger partial charge in [0.2, 0.25) is 5.43 Å². The standard InChI is InChI=1S/C18H13BrFNO4/c1-2-24-18(23)13-9-21-15-8-14(19)16(7-12(15)17(13)22)25-11-5-3-10(20)4-6-11/h3-9H,2H2,1H3,(H,21,22). The first-order chi connectivity index (χ1) is 12.0. The maximum atomic E-state index is 13.0. The first-order valence-corrected chi connectivity index (χ1v) is 8.24. The molecule has 0 saturated heterocycles. The number of carbonyl (C=O) groups excluding carboxylic acids is 1. The summed E-state index contributed by atoms with van der Waals surface area (Å²) in [5.41, 5.74) is 0.00411. The Labute approximate surface area is 150 Å². The predicted molar refractivity (Wildman–Crippen MR) is 94.7 cm³/mol. The number of carbonyl (C=O) groups is 1. The molecule has 0 fully saturated rings. The number of halogens is 2. The van der Waals surface area contributed by atoms with Gasteiger partial charge in [0.15, 0.2) is 0 Å². The molecule has 2 aromatic carbocycles. The lowest BCUT2D eigenvalue weighted by atomic mass is 10.1. The zero-order valence-corrected chi connectivity index (χ0v) is 14.7. The maximum absolute atomic E-state index is 13.0. The molecule has 0 aliphatic rings. The van der Waals surface area contributed by atoms with E-state index in [2.05, 4.69) is 20.9 Å². The second kappa shape index (κ2) is 7.06. The molecule has 7 heteroatoms. The molecule has 0 bridgehead atoms. The average Bonchev–Trinajstić information content (AvgIpc) is 2.58. The quantitative estimate of drug-likeness (QED) is 0.653. The monoisotopic (exact) mass is 405 g/mol. The van der Waals surface area contributed by atoms with Crippen molar-refractivity contribution in [3.05, 3.63) is 68.7 Å². The lowest BCUT2D eigenvalue weighted by Gasteiger charge is -2.10. The number of aromatic nitrogens is 1. The molecule has 3 aromatic rings. The van der Waals surface area contributed by atoms with Crippen molar-refractivity contribution in [3.8, 4) is 11.5 Å². The van der Waals surface area contributed by atoms with Crippen LogP contribution in [0.25, 0.3) is 10.9 Å². The summed E-state index contributed by atoms with van der Waals surface area (Å²) in [5, 5.41) is 0.283. The molecule has 0 aliphatic heterocycles. The third-order valence-corrected chi connectivity index (χ3v) is 4.09. The van der Waals surface area contributed by atoms with Crippen molar-refractivity contribution < 1.29 is 18.7 Å². The van der Waals surface area contributed by atoms with Gasteiger partial charge < -0.3 is 14.5 Å². The number of hydrogen-bond donors (Lipinski definition) is 1. The van der Waals surface area contributed by atoms with Crippen LogP contribution in [-0.2, 0) is 4.74 Å².